The summed E-state index contributed by atoms with van der Waals surface area (Å²) in [7, 11) is 0. The highest BCUT2D eigenvalue weighted by Crippen LogP contribution is 2.47. The zero-order chi connectivity index (χ0) is 13.8. The van der Waals surface area contributed by atoms with Crippen LogP contribution in [-0.2, 0) is 9.47 Å². The van der Waals surface area contributed by atoms with E-state index in [4.69, 9.17) is 9.47 Å². The van der Waals surface area contributed by atoms with Crippen LogP contribution in [-0.4, -0.2) is 50.3 Å². The third-order valence-corrected chi connectivity index (χ3v) is 3.85. The summed E-state index contributed by atoms with van der Waals surface area (Å²) >= 11 is 0. The fourth-order valence-electron chi connectivity index (χ4n) is 2.73. The zero-order valence-electron chi connectivity index (χ0n) is 10.1. The minimum atomic E-state index is -1.23. The Bertz CT molecular complexity index is 610. The van der Waals surface area contributed by atoms with Gasteiger partial charge in [-0.1, -0.05) is 0 Å². The van der Waals surface area contributed by atoms with Gasteiger partial charge in [0.15, 0.2) is 6.23 Å². The van der Waals surface area contributed by atoms with Gasteiger partial charge in [0, 0.05) is 12.3 Å². The third kappa shape index (κ3) is 1.54. The first-order valence-corrected chi connectivity index (χ1v) is 5.93. The third-order valence-electron chi connectivity index (χ3n) is 3.85. The molecule has 3 heterocycles. The van der Waals surface area contributed by atoms with Crippen LogP contribution in [0, 0.1) is 0 Å². The molecular weight excluding hydrogens is 256 g/mol. The van der Waals surface area contributed by atoms with E-state index in [1.807, 2.05) is 0 Å². The van der Waals surface area contributed by atoms with Crippen molar-refractivity contribution in [2.45, 2.75) is 37.1 Å². The van der Waals surface area contributed by atoms with Crippen molar-refractivity contribution >= 4 is 0 Å². The van der Waals surface area contributed by atoms with Crippen molar-refractivity contribution in [3.05, 3.63) is 33.1 Å². The summed E-state index contributed by atoms with van der Waals surface area (Å²) in [6, 6.07) is 1.18. The van der Waals surface area contributed by atoms with Gasteiger partial charge in [0.25, 0.3) is 5.56 Å². The number of rotatable bonds is 2. The molecule has 3 rings (SSSR count). The van der Waals surface area contributed by atoms with E-state index in [1.54, 1.807) is 6.92 Å². The van der Waals surface area contributed by atoms with Crippen molar-refractivity contribution in [3.63, 3.8) is 0 Å². The lowest BCUT2D eigenvalue weighted by atomic mass is 9.95. The summed E-state index contributed by atoms with van der Waals surface area (Å²) in [5.41, 5.74) is -2.40. The van der Waals surface area contributed by atoms with Gasteiger partial charge in [-0.25, -0.2) is 4.79 Å². The molecule has 104 valence electrons. The monoisotopic (exact) mass is 270 g/mol. The Balaban J connectivity index is 2.02. The molecule has 3 N–H and O–H groups in total. The SMILES string of the molecule is C[C@@H]1O[C@@H]2C(O)[C@@]1(CO)O[C@H]2n1ccc(=O)[nH]c1=O. The molecule has 0 spiro atoms. The average molecular weight is 270 g/mol. The second kappa shape index (κ2) is 4.01. The molecule has 19 heavy (non-hydrogen) atoms. The van der Waals surface area contributed by atoms with E-state index in [0.717, 1.165) is 4.57 Å². The molecule has 8 heteroatoms. The fraction of sp³-hybridized carbons (Fsp3) is 0.636. The molecule has 5 atom stereocenters. The maximum atomic E-state index is 11.7. The summed E-state index contributed by atoms with van der Waals surface area (Å²) in [6.45, 7) is 1.27. The highest BCUT2D eigenvalue weighted by atomic mass is 16.7. The molecule has 2 aliphatic rings. The van der Waals surface area contributed by atoms with Crippen LogP contribution in [0.4, 0.5) is 0 Å². The first-order chi connectivity index (χ1) is 8.99. The largest absolute Gasteiger partial charge is 0.393 e. The number of ether oxygens (including phenoxy) is 2. The first-order valence-electron chi connectivity index (χ1n) is 5.93. The van der Waals surface area contributed by atoms with Crippen LogP contribution >= 0.6 is 0 Å². The molecule has 1 aromatic rings. The number of H-pyrrole nitrogens is 1. The lowest BCUT2D eigenvalue weighted by Gasteiger charge is -2.34. The number of hydrogen-bond acceptors (Lipinski definition) is 6. The van der Waals surface area contributed by atoms with Gasteiger partial charge in [-0.05, 0) is 6.92 Å². The molecule has 1 unspecified atom stereocenters. The van der Waals surface area contributed by atoms with Gasteiger partial charge in [-0.2, -0.15) is 0 Å². The summed E-state index contributed by atoms with van der Waals surface area (Å²) in [6.07, 6.45) is -1.87. The van der Waals surface area contributed by atoms with Crippen LogP contribution in [0.15, 0.2) is 21.9 Å². The van der Waals surface area contributed by atoms with Crippen LogP contribution in [0.25, 0.3) is 0 Å². The van der Waals surface area contributed by atoms with Crippen molar-refractivity contribution in [2.75, 3.05) is 6.61 Å². The Labute approximate surface area is 107 Å². The predicted molar refractivity (Wildman–Crippen MR) is 61.6 cm³/mol. The van der Waals surface area contributed by atoms with E-state index in [0.29, 0.717) is 0 Å². The molecule has 0 aliphatic carbocycles. The zero-order valence-corrected chi connectivity index (χ0v) is 10.1. The first kappa shape index (κ1) is 12.5. The molecule has 0 amide bonds. The molecule has 0 radical (unpaired) electrons. The van der Waals surface area contributed by atoms with E-state index in [9.17, 15) is 19.8 Å². The number of nitrogens with zero attached hydrogens (tertiary/aromatic N) is 1. The molecular formula is C11H14N2O6. The van der Waals surface area contributed by atoms with Gasteiger partial charge in [0.1, 0.15) is 17.8 Å². The standard InChI is InChI=1S/C11H14N2O6/c1-5-11(4-14)8(16)7(18-5)9(19-11)13-3-2-6(15)12-10(13)17/h2-3,5,7-9,14,16H,4H2,1H3,(H,12,15,17)/t5-,7+,8?,9+,11-/m0/s1. The quantitative estimate of drug-likeness (QED) is 0.569. The highest BCUT2D eigenvalue weighted by Gasteiger charge is 2.65. The number of fused-ring (bicyclic) bond motifs is 2. The topological polar surface area (TPSA) is 114 Å². The van der Waals surface area contributed by atoms with E-state index in [-0.39, 0.29) is 0 Å². The molecule has 1 aromatic heterocycles. The Hall–Kier alpha value is -1.48. The minimum Gasteiger partial charge on any atom is -0.393 e. The summed E-state index contributed by atoms with van der Waals surface area (Å²) in [5.74, 6) is 0. The lowest BCUT2D eigenvalue weighted by Crippen LogP contribution is -2.49. The van der Waals surface area contributed by atoms with Crippen LogP contribution in [0.5, 0.6) is 0 Å². The van der Waals surface area contributed by atoms with E-state index in [2.05, 4.69) is 4.98 Å². The lowest BCUT2D eigenvalue weighted by molar-refractivity contribution is -0.218. The number of nitrogens with one attached hydrogen (secondary N) is 1. The van der Waals surface area contributed by atoms with Crippen molar-refractivity contribution in [2.24, 2.45) is 0 Å². The van der Waals surface area contributed by atoms with Crippen molar-refractivity contribution in [1.29, 1.82) is 0 Å². The van der Waals surface area contributed by atoms with Gasteiger partial charge in [-0.15, -0.1) is 0 Å². The molecule has 0 aromatic carbocycles. The number of hydrogen-bond donors (Lipinski definition) is 3. The maximum absolute atomic E-state index is 11.7. The summed E-state index contributed by atoms with van der Waals surface area (Å²) in [5, 5.41) is 19.6. The molecule has 2 saturated heterocycles. The molecule has 0 saturated carbocycles. The molecule has 2 bridgehead atoms. The normalized spacial score (nSPS) is 40.8. The van der Waals surface area contributed by atoms with E-state index >= 15 is 0 Å². The van der Waals surface area contributed by atoms with Gasteiger partial charge in [0.05, 0.1) is 12.7 Å². The minimum absolute atomic E-state index is 0.416. The second-order valence-corrected chi connectivity index (χ2v) is 4.83. The van der Waals surface area contributed by atoms with Crippen LogP contribution in [0.3, 0.4) is 0 Å². The summed E-state index contributed by atoms with van der Waals surface area (Å²) in [4.78, 5) is 24.8. The van der Waals surface area contributed by atoms with Crippen LogP contribution in [0.2, 0.25) is 0 Å². The Kier molecular flexibility index (Phi) is 2.65. The predicted octanol–water partition coefficient (Wildman–Crippen LogP) is -2.06. The van der Waals surface area contributed by atoms with E-state index < -0.39 is 48.0 Å². The average Bonchev–Trinajstić information content (AvgIpc) is 2.77. The maximum Gasteiger partial charge on any atom is 0.330 e. The van der Waals surface area contributed by atoms with Crippen molar-refractivity contribution < 1.29 is 19.7 Å². The molecule has 2 fully saturated rings. The van der Waals surface area contributed by atoms with Crippen LogP contribution < -0.4 is 11.2 Å². The van der Waals surface area contributed by atoms with Gasteiger partial charge < -0.3 is 19.7 Å². The Morgan fingerprint density at radius 2 is 2.26 bits per heavy atom. The van der Waals surface area contributed by atoms with E-state index in [1.165, 1.54) is 12.3 Å². The van der Waals surface area contributed by atoms with Crippen molar-refractivity contribution in [1.82, 2.24) is 9.55 Å². The number of aromatic nitrogens is 2. The molecule has 8 nitrogen and oxygen atoms in total. The fourth-order valence-corrected chi connectivity index (χ4v) is 2.73. The van der Waals surface area contributed by atoms with Gasteiger partial charge in [-0.3, -0.25) is 14.3 Å². The number of aromatic amines is 1. The summed E-state index contributed by atoms with van der Waals surface area (Å²) < 4.78 is 12.3. The second-order valence-electron chi connectivity index (χ2n) is 4.83. The number of aliphatic hydroxyl groups excluding tert-OH is 2. The smallest absolute Gasteiger partial charge is 0.330 e. The molecule has 2 aliphatic heterocycles. The Morgan fingerprint density at radius 1 is 1.53 bits per heavy atom. The Morgan fingerprint density at radius 3 is 2.84 bits per heavy atom. The highest BCUT2D eigenvalue weighted by molar-refractivity contribution is 5.11. The van der Waals surface area contributed by atoms with Crippen LogP contribution in [0.1, 0.15) is 13.2 Å². The van der Waals surface area contributed by atoms with Gasteiger partial charge >= 0.3 is 5.69 Å². The van der Waals surface area contributed by atoms with Crippen molar-refractivity contribution in [3.8, 4) is 0 Å². The number of aliphatic hydroxyl groups is 2. The van der Waals surface area contributed by atoms with Gasteiger partial charge in [0.2, 0.25) is 0 Å².